The van der Waals surface area contributed by atoms with Crippen LogP contribution in [0.2, 0.25) is 0 Å². The van der Waals surface area contributed by atoms with Crippen molar-refractivity contribution in [2.45, 2.75) is 6.18 Å². The molecule has 0 N–H and O–H groups in total. The van der Waals surface area contributed by atoms with Gasteiger partial charge in [-0.15, -0.1) is 0 Å². The van der Waals surface area contributed by atoms with Crippen molar-refractivity contribution in [1.82, 2.24) is 14.4 Å². The number of halogens is 4. The predicted octanol–water partition coefficient (Wildman–Crippen LogP) is 2.35. The maximum Gasteiger partial charge on any atom is 0.437 e. The van der Waals surface area contributed by atoms with Crippen LogP contribution in [0.3, 0.4) is 0 Å². The molecule has 0 amide bonds. The average molecular weight is 313 g/mol. The molecule has 0 unspecified atom stereocenters. The summed E-state index contributed by atoms with van der Waals surface area (Å²) in [7, 11) is 0. The van der Waals surface area contributed by atoms with E-state index in [2.05, 4.69) is 9.97 Å². The van der Waals surface area contributed by atoms with Gasteiger partial charge in [-0.25, -0.2) is 9.97 Å². The largest absolute Gasteiger partial charge is 0.437 e. The van der Waals surface area contributed by atoms with Crippen LogP contribution >= 0.6 is 22.6 Å². The van der Waals surface area contributed by atoms with Crippen molar-refractivity contribution in [3.63, 3.8) is 0 Å². The zero-order valence-corrected chi connectivity index (χ0v) is 8.74. The standard InChI is InChI=1S/C7H3F3IN3/c8-7(9,10)5-6-13-4(11)3-14(6)2-1-12-5/h1-3H. The maximum absolute atomic E-state index is 12.4. The predicted molar refractivity (Wildman–Crippen MR) is 50.7 cm³/mol. The molecule has 0 saturated carbocycles. The highest BCUT2D eigenvalue weighted by atomic mass is 127. The van der Waals surface area contributed by atoms with Crippen molar-refractivity contribution in [1.29, 1.82) is 0 Å². The van der Waals surface area contributed by atoms with E-state index in [1.54, 1.807) is 0 Å². The molecule has 7 heteroatoms. The van der Waals surface area contributed by atoms with Crippen molar-refractivity contribution in [2.24, 2.45) is 0 Å². The molecule has 0 aliphatic heterocycles. The summed E-state index contributed by atoms with van der Waals surface area (Å²) in [5, 5.41) is 0. The monoisotopic (exact) mass is 313 g/mol. The van der Waals surface area contributed by atoms with E-state index in [0.717, 1.165) is 6.20 Å². The van der Waals surface area contributed by atoms with Crippen LogP contribution in [0.5, 0.6) is 0 Å². The molecule has 2 aromatic rings. The fourth-order valence-corrected chi connectivity index (χ4v) is 1.62. The number of imidazole rings is 1. The normalized spacial score (nSPS) is 12.3. The van der Waals surface area contributed by atoms with Crippen LogP contribution < -0.4 is 0 Å². The van der Waals surface area contributed by atoms with Gasteiger partial charge >= 0.3 is 6.18 Å². The number of nitrogens with zero attached hydrogens (tertiary/aromatic N) is 3. The van der Waals surface area contributed by atoms with Gasteiger partial charge in [-0.2, -0.15) is 13.2 Å². The Morgan fingerprint density at radius 2 is 2.07 bits per heavy atom. The fraction of sp³-hybridized carbons (Fsp3) is 0.143. The second-order valence-electron chi connectivity index (χ2n) is 2.57. The molecule has 0 spiro atoms. The smallest absolute Gasteiger partial charge is 0.303 e. The van der Waals surface area contributed by atoms with E-state index in [9.17, 15) is 13.2 Å². The topological polar surface area (TPSA) is 30.2 Å². The van der Waals surface area contributed by atoms with Crippen molar-refractivity contribution in [3.05, 3.63) is 28.0 Å². The fourth-order valence-electron chi connectivity index (χ4n) is 1.09. The van der Waals surface area contributed by atoms with Crippen molar-refractivity contribution >= 4 is 28.2 Å². The molecule has 2 rings (SSSR count). The van der Waals surface area contributed by atoms with Gasteiger partial charge in [0.25, 0.3) is 0 Å². The molecule has 14 heavy (non-hydrogen) atoms. The minimum atomic E-state index is -4.46. The first-order valence-corrected chi connectivity index (χ1v) is 4.63. The van der Waals surface area contributed by atoms with Gasteiger partial charge in [0.2, 0.25) is 0 Å². The number of aromatic nitrogens is 3. The highest BCUT2D eigenvalue weighted by Gasteiger charge is 2.35. The second kappa shape index (κ2) is 3.07. The van der Waals surface area contributed by atoms with Crippen LogP contribution in [0.15, 0.2) is 18.6 Å². The van der Waals surface area contributed by atoms with Crippen LogP contribution in [0.25, 0.3) is 5.65 Å². The number of rotatable bonds is 0. The third-order valence-electron chi connectivity index (χ3n) is 1.61. The summed E-state index contributed by atoms with van der Waals surface area (Å²) in [6.45, 7) is 0. The molecule has 0 fully saturated rings. The zero-order valence-electron chi connectivity index (χ0n) is 6.59. The number of alkyl halides is 3. The molecular weight excluding hydrogens is 310 g/mol. The quantitative estimate of drug-likeness (QED) is 0.699. The van der Waals surface area contributed by atoms with Crippen molar-refractivity contribution in [2.75, 3.05) is 0 Å². The highest BCUT2D eigenvalue weighted by Crippen LogP contribution is 2.30. The summed E-state index contributed by atoms with van der Waals surface area (Å²) >= 11 is 1.85. The maximum atomic E-state index is 12.4. The molecule has 0 aliphatic rings. The van der Waals surface area contributed by atoms with Crippen molar-refractivity contribution in [3.8, 4) is 0 Å². The Morgan fingerprint density at radius 1 is 1.36 bits per heavy atom. The molecule has 0 aliphatic carbocycles. The van der Waals surface area contributed by atoms with E-state index >= 15 is 0 Å². The van der Waals surface area contributed by atoms with Crippen LogP contribution in [-0.2, 0) is 6.18 Å². The Bertz CT molecular complexity index is 476. The minimum Gasteiger partial charge on any atom is -0.303 e. The molecular formula is C7H3F3IN3. The second-order valence-corrected chi connectivity index (χ2v) is 3.67. The Labute approximate surface area is 90.1 Å². The van der Waals surface area contributed by atoms with Gasteiger partial charge in [0, 0.05) is 18.6 Å². The van der Waals surface area contributed by atoms with E-state index in [4.69, 9.17) is 0 Å². The van der Waals surface area contributed by atoms with Gasteiger partial charge in [-0.3, -0.25) is 0 Å². The molecule has 0 bridgehead atoms. The highest BCUT2D eigenvalue weighted by molar-refractivity contribution is 14.1. The first kappa shape index (κ1) is 9.69. The molecule has 0 saturated heterocycles. The lowest BCUT2D eigenvalue weighted by atomic mass is 10.4. The molecule has 3 nitrogen and oxygen atoms in total. The van der Waals surface area contributed by atoms with Gasteiger partial charge in [0.15, 0.2) is 11.3 Å². The third kappa shape index (κ3) is 1.56. The molecule has 2 heterocycles. The van der Waals surface area contributed by atoms with Crippen LogP contribution in [0.1, 0.15) is 5.69 Å². The van der Waals surface area contributed by atoms with Crippen LogP contribution in [0.4, 0.5) is 13.2 Å². The average Bonchev–Trinajstić information content (AvgIpc) is 2.41. The van der Waals surface area contributed by atoms with Gasteiger partial charge < -0.3 is 4.40 Å². The lowest BCUT2D eigenvalue weighted by Crippen LogP contribution is -2.10. The van der Waals surface area contributed by atoms with E-state index in [1.165, 1.54) is 16.8 Å². The number of hydrogen-bond acceptors (Lipinski definition) is 2. The van der Waals surface area contributed by atoms with Gasteiger partial charge in [-0.05, 0) is 22.6 Å². The number of hydrogen-bond donors (Lipinski definition) is 0. The molecule has 2 aromatic heterocycles. The molecule has 0 atom stereocenters. The SMILES string of the molecule is FC(F)(F)c1nccn2cc(I)nc12. The van der Waals surface area contributed by atoms with Gasteiger partial charge in [-0.1, -0.05) is 0 Å². The number of fused-ring (bicyclic) bond motifs is 1. The summed E-state index contributed by atoms with van der Waals surface area (Å²) < 4.78 is 39.0. The Morgan fingerprint density at radius 3 is 2.71 bits per heavy atom. The summed E-state index contributed by atoms with van der Waals surface area (Å²) in [6, 6.07) is 0. The lowest BCUT2D eigenvalue weighted by Gasteiger charge is -2.05. The zero-order chi connectivity index (χ0) is 10.3. The Balaban J connectivity index is 2.77. The molecule has 74 valence electrons. The third-order valence-corrected chi connectivity index (χ3v) is 2.13. The van der Waals surface area contributed by atoms with Gasteiger partial charge in [0.1, 0.15) is 3.70 Å². The van der Waals surface area contributed by atoms with Crippen molar-refractivity contribution < 1.29 is 13.2 Å². The van der Waals surface area contributed by atoms with Crippen LogP contribution in [0, 0.1) is 3.70 Å². The minimum absolute atomic E-state index is 0.163. The molecule has 0 radical (unpaired) electrons. The Kier molecular flexibility index (Phi) is 2.13. The Hall–Kier alpha value is -0.860. The van der Waals surface area contributed by atoms with E-state index in [-0.39, 0.29) is 5.65 Å². The summed E-state index contributed by atoms with van der Waals surface area (Å²) in [5.74, 6) is 0. The summed E-state index contributed by atoms with van der Waals surface area (Å²) in [5.41, 5.74) is -1.12. The van der Waals surface area contributed by atoms with E-state index in [1.807, 2.05) is 22.6 Å². The first-order chi connectivity index (χ1) is 6.48. The van der Waals surface area contributed by atoms with Crippen LogP contribution in [-0.4, -0.2) is 14.4 Å². The van der Waals surface area contributed by atoms with E-state index < -0.39 is 11.9 Å². The summed E-state index contributed by atoms with van der Waals surface area (Å²) in [6.07, 6.45) is -0.420. The summed E-state index contributed by atoms with van der Waals surface area (Å²) in [4.78, 5) is 7.03. The van der Waals surface area contributed by atoms with E-state index in [0.29, 0.717) is 3.70 Å². The van der Waals surface area contributed by atoms with Gasteiger partial charge in [0.05, 0.1) is 0 Å². The first-order valence-electron chi connectivity index (χ1n) is 3.55. The molecule has 0 aromatic carbocycles. The lowest BCUT2D eigenvalue weighted by molar-refractivity contribution is -0.140.